The zero-order valence-corrected chi connectivity index (χ0v) is 13.6. The van der Waals surface area contributed by atoms with E-state index in [-0.39, 0.29) is 5.82 Å². The smallest absolute Gasteiger partial charge is 0.123 e. The van der Waals surface area contributed by atoms with Crippen LogP contribution in [0.4, 0.5) is 4.39 Å². The highest BCUT2D eigenvalue weighted by Gasteiger charge is 2.25. The highest BCUT2D eigenvalue weighted by Crippen LogP contribution is 2.26. The van der Waals surface area contributed by atoms with Crippen molar-refractivity contribution >= 4 is 5.57 Å². The third-order valence-corrected chi connectivity index (χ3v) is 5.07. The summed E-state index contributed by atoms with van der Waals surface area (Å²) in [7, 11) is 0. The number of likely N-dealkylation sites (tertiary alicyclic amines) is 1. The first-order chi connectivity index (χ1) is 10.8. The molecular weight excluding hydrogens is 275 g/mol. The lowest BCUT2D eigenvalue weighted by Crippen LogP contribution is -2.46. The van der Waals surface area contributed by atoms with Gasteiger partial charge in [0.2, 0.25) is 0 Å². The van der Waals surface area contributed by atoms with Crippen LogP contribution in [0, 0.1) is 5.82 Å². The van der Waals surface area contributed by atoms with Crippen LogP contribution in [0.1, 0.15) is 38.2 Å². The molecule has 0 amide bonds. The third-order valence-electron chi connectivity index (χ3n) is 5.07. The summed E-state index contributed by atoms with van der Waals surface area (Å²) in [6.45, 7) is 8.21. The number of benzene rings is 1. The molecule has 2 heterocycles. The minimum Gasteiger partial charge on any atom is -0.303 e. The van der Waals surface area contributed by atoms with E-state index >= 15 is 0 Å². The summed E-state index contributed by atoms with van der Waals surface area (Å²) in [6, 6.07) is 7.68. The minimum absolute atomic E-state index is 0.152. The first-order valence-corrected chi connectivity index (χ1v) is 8.67. The summed E-state index contributed by atoms with van der Waals surface area (Å²) in [5.74, 6) is -0.152. The van der Waals surface area contributed by atoms with Crippen LogP contribution < -0.4 is 0 Å². The molecule has 0 atom stereocenters. The molecule has 0 spiro atoms. The van der Waals surface area contributed by atoms with Crippen molar-refractivity contribution in [3.8, 4) is 0 Å². The molecule has 0 aliphatic carbocycles. The Morgan fingerprint density at radius 1 is 1.09 bits per heavy atom. The van der Waals surface area contributed by atoms with E-state index in [9.17, 15) is 4.39 Å². The SMILES string of the molecule is CCCN1CCC(N2CC=C(c3ccc(F)cc3)CC2)CC1. The van der Waals surface area contributed by atoms with Crippen LogP contribution in [0.15, 0.2) is 30.3 Å². The van der Waals surface area contributed by atoms with Crippen LogP contribution in [-0.2, 0) is 0 Å². The van der Waals surface area contributed by atoms with E-state index in [1.54, 1.807) is 12.1 Å². The Morgan fingerprint density at radius 3 is 2.41 bits per heavy atom. The Labute approximate surface area is 133 Å². The maximum atomic E-state index is 13.0. The number of hydrogen-bond acceptors (Lipinski definition) is 2. The summed E-state index contributed by atoms with van der Waals surface area (Å²) in [6.07, 6.45) is 7.30. The van der Waals surface area contributed by atoms with Crippen molar-refractivity contribution in [2.24, 2.45) is 0 Å². The quantitative estimate of drug-likeness (QED) is 0.835. The lowest BCUT2D eigenvalue weighted by Gasteiger charge is -2.39. The molecule has 0 N–H and O–H groups in total. The van der Waals surface area contributed by atoms with E-state index in [2.05, 4.69) is 22.8 Å². The van der Waals surface area contributed by atoms with Gasteiger partial charge >= 0.3 is 0 Å². The fourth-order valence-electron chi connectivity index (χ4n) is 3.77. The van der Waals surface area contributed by atoms with Gasteiger partial charge in [0.25, 0.3) is 0 Å². The van der Waals surface area contributed by atoms with Gasteiger partial charge in [0.05, 0.1) is 0 Å². The van der Waals surface area contributed by atoms with Gasteiger partial charge in [-0.25, -0.2) is 4.39 Å². The second-order valence-electron chi connectivity index (χ2n) is 6.55. The van der Waals surface area contributed by atoms with Crippen molar-refractivity contribution in [3.63, 3.8) is 0 Å². The van der Waals surface area contributed by atoms with Gasteiger partial charge in [0.1, 0.15) is 5.82 Å². The zero-order valence-electron chi connectivity index (χ0n) is 13.6. The number of hydrogen-bond donors (Lipinski definition) is 0. The summed E-state index contributed by atoms with van der Waals surface area (Å²) < 4.78 is 13.0. The van der Waals surface area contributed by atoms with Crippen LogP contribution in [0.5, 0.6) is 0 Å². The fraction of sp³-hybridized carbons (Fsp3) is 0.579. The molecule has 120 valence electrons. The summed E-state index contributed by atoms with van der Waals surface area (Å²) >= 11 is 0. The van der Waals surface area contributed by atoms with Gasteiger partial charge in [-0.2, -0.15) is 0 Å². The molecule has 1 saturated heterocycles. The van der Waals surface area contributed by atoms with Gasteiger partial charge in [-0.3, -0.25) is 4.90 Å². The van der Waals surface area contributed by atoms with E-state index in [4.69, 9.17) is 0 Å². The molecule has 0 bridgehead atoms. The molecule has 0 saturated carbocycles. The molecule has 22 heavy (non-hydrogen) atoms. The van der Waals surface area contributed by atoms with Crippen molar-refractivity contribution in [3.05, 3.63) is 41.7 Å². The summed E-state index contributed by atoms with van der Waals surface area (Å²) in [4.78, 5) is 5.23. The predicted octanol–water partition coefficient (Wildman–Crippen LogP) is 3.79. The molecule has 0 radical (unpaired) electrons. The number of nitrogens with zero attached hydrogens (tertiary/aromatic N) is 2. The molecular formula is C19H27FN2. The minimum atomic E-state index is -0.152. The molecule has 0 aromatic heterocycles. The topological polar surface area (TPSA) is 6.48 Å². The summed E-state index contributed by atoms with van der Waals surface area (Å²) in [5.41, 5.74) is 2.55. The van der Waals surface area contributed by atoms with Crippen molar-refractivity contribution in [2.75, 3.05) is 32.7 Å². The molecule has 3 rings (SSSR count). The zero-order chi connectivity index (χ0) is 15.4. The van der Waals surface area contributed by atoms with Gasteiger partial charge in [-0.15, -0.1) is 0 Å². The highest BCUT2D eigenvalue weighted by atomic mass is 19.1. The number of rotatable bonds is 4. The van der Waals surface area contributed by atoms with Gasteiger partial charge in [0.15, 0.2) is 0 Å². The molecule has 3 heteroatoms. The second kappa shape index (κ2) is 7.38. The Bertz CT molecular complexity index is 501. The fourth-order valence-corrected chi connectivity index (χ4v) is 3.77. The first kappa shape index (κ1) is 15.7. The highest BCUT2D eigenvalue weighted by molar-refractivity contribution is 5.66. The molecule has 0 unspecified atom stereocenters. The monoisotopic (exact) mass is 302 g/mol. The van der Waals surface area contributed by atoms with E-state index in [1.165, 1.54) is 50.0 Å². The third kappa shape index (κ3) is 3.76. The van der Waals surface area contributed by atoms with E-state index < -0.39 is 0 Å². The predicted molar refractivity (Wildman–Crippen MR) is 90.3 cm³/mol. The number of piperidine rings is 1. The Hall–Kier alpha value is -1.19. The average molecular weight is 302 g/mol. The van der Waals surface area contributed by atoms with E-state index in [0.29, 0.717) is 0 Å². The Kier molecular flexibility index (Phi) is 5.27. The number of halogens is 1. The molecule has 1 fully saturated rings. The van der Waals surface area contributed by atoms with Gasteiger partial charge in [-0.05, 0) is 68.6 Å². The normalized spacial score (nSPS) is 21.8. The second-order valence-corrected chi connectivity index (χ2v) is 6.55. The summed E-state index contributed by atoms with van der Waals surface area (Å²) in [5, 5.41) is 0. The first-order valence-electron chi connectivity index (χ1n) is 8.67. The Balaban J connectivity index is 1.54. The standard InChI is InChI=1S/C19H27FN2/c1-2-11-21-12-9-19(10-13-21)22-14-7-17(8-15-22)16-3-5-18(20)6-4-16/h3-7,19H,2,8-15H2,1H3. The molecule has 2 aliphatic rings. The van der Waals surface area contributed by atoms with Crippen LogP contribution in [0.3, 0.4) is 0 Å². The van der Waals surface area contributed by atoms with Gasteiger partial charge < -0.3 is 4.90 Å². The van der Waals surface area contributed by atoms with Gasteiger partial charge in [-0.1, -0.05) is 25.1 Å². The van der Waals surface area contributed by atoms with Crippen molar-refractivity contribution in [1.82, 2.24) is 9.80 Å². The van der Waals surface area contributed by atoms with Crippen LogP contribution in [-0.4, -0.2) is 48.6 Å². The van der Waals surface area contributed by atoms with E-state index in [0.717, 1.165) is 25.6 Å². The largest absolute Gasteiger partial charge is 0.303 e. The molecule has 2 nitrogen and oxygen atoms in total. The van der Waals surface area contributed by atoms with Crippen LogP contribution in [0.2, 0.25) is 0 Å². The van der Waals surface area contributed by atoms with Crippen molar-refractivity contribution in [1.29, 1.82) is 0 Å². The maximum Gasteiger partial charge on any atom is 0.123 e. The van der Waals surface area contributed by atoms with Crippen molar-refractivity contribution < 1.29 is 4.39 Å². The van der Waals surface area contributed by atoms with Gasteiger partial charge in [0, 0.05) is 19.1 Å². The lowest BCUT2D eigenvalue weighted by atomic mass is 9.96. The maximum absolute atomic E-state index is 13.0. The average Bonchev–Trinajstić information content (AvgIpc) is 2.57. The van der Waals surface area contributed by atoms with Crippen molar-refractivity contribution in [2.45, 2.75) is 38.6 Å². The molecule has 2 aliphatic heterocycles. The van der Waals surface area contributed by atoms with Crippen LogP contribution >= 0.6 is 0 Å². The van der Waals surface area contributed by atoms with Crippen LogP contribution in [0.25, 0.3) is 5.57 Å². The Morgan fingerprint density at radius 2 is 1.82 bits per heavy atom. The molecule has 1 aromatic rings. The van der Waals surface area contributed by atoms with E-state index in [1.807, 2.05) is 12.1 Å². The lowest BCUT2D eigenvalue weighted by molar-refractivity contribution is 0.116. The molecule has 1 aromatic carbocycles.